The molecule has 37 heavy (non-hydrogen) atoms. The summed E-state index contributed by atoms with van der Waals surface area (Å²) in [4.78, 5) is 27.0. The number of fused-ring (bicyclic) bond motifs is 1. The second-order valence-corrected chi connectivity index (χ2v) is 10.6. The number of carbonyl (C=O) groups is 1. The molecule has 0 N–H and O–H groups in total. The molecule has 2 heterocycles. The average Bonchev–Trinajstić information content (AvgIpc) is 3.18. The number of halogens is 3. The number of esters is 1. The molecule has 0 amide bonds. The number of alkyl halides is 3. The van der Waals surface area contributed by atoms with Gasteiger partial charge in [-0.05, 0) is 64.4 Å². The highest BCUT2D eigenvalue weighted by molar-refractivity contribution is 5.83. The Balaban J connectivity index is 1.40. The monoisotopic (exact) mass is 515 g/mol. The van der Waals surface area contributed by atoms with Crippen molar-refractivity contribution in [2.75, 3.05) is 7.05 Å². The fourth-order valence-corrected chi connectivity index (χ4v) is 5.31. The van der Waals surface area contributed by atoms with Gasteiger partial charge in [0.05, 0.1) is 5.56 Å². The largest absolute Gasteiger partial charge is 0.489 e. The lowest BCUT2D eigenvalue weighted by Crippen LogP contribution is -2.52. The molecule has 5 unspecified atom stereocenters. The number of carbonyl (C=O) groups excluding carboxylic acids is 1. The van der Waals surface area contributed by atoms with E-state index in [-0.39, 0.29) is 24.2 Å². The van der Waals surface area contributed by atoms with Gasteiger partial charge in [0.2, 0.25) is 0 Å². The number of benzene rings is 2. The molecule has 1 saturated carbocycles. The minimum atomic E-state index is -4.68. The minimum absolute atomic E-state index is 0.0202. The first kappa shape index (κ1) is 25.3. The van der Waals surface area contributed by atoms with E-state index in [4.69, 9.17) is 13.9 Å². The SMILES string of the molecule is CN1C(C(=O)OC2CCC(Oc3ccc4cc(-c5ccccc5)c(=O)oc4c3)C2(C)C(F)(F)F)C1(C)C. The van der Waals surface area contributed by atoms with Gasteiger partial charge in [-0.1, -0.05) is 30.3 Å². The molecule has 2 aliphatic rings. The van der Waals surface area contributed by atoms with Crippen LogP contribution in [0.2, 0.25) is 0 Å². The molecule has 3 aromatic rings. The summed E-state index contributed by atoms with van der Waals surface area (Å²) in [6.07, 6.45) is -7.28. The minimum Gasteiger partial charge on any atom is -0.489 e. The number of hydrogen-bond donors (Lipinski definition) is 0. The first-order valence-corrected chi connectivity index (χ1v) is 12.1. The third kappa shape index (κ3) is 4.19. The van der Waals surface area contributed by atoms with Crippen LogP contribution in [-0.2, 0) is 9.53 Å². The summed E-state index contributed by atoms with van der Waals surface area (Å²) >= 11 is 0. The van der Waals surface area contributed by atoms with Crippen molar-refractivity contribution in [3.05, 3.63) is 65.0 Å². The van der Waals surface area contributed by atoms with Gasteiger partial charge in [0.15, 0.2) is 0 Å². The Bertz CT molecular complexity index is 1400. The van der Waals surface area contributed by atoms with Crippen LogP contribution >= 0.6 is 0 Å². The Morgan fingerprint density at radius 2 is 1.68 bits per heavy atom. The van der Waals surface area contributed by atoms with Gasteiger partial charge in [-0.2, -0.15) is 13.2 Å². The smallest absolute Gasteiger partial charge is 0.401 e. The van der Waals surface area contributed by atoms with E-state index in [9.17, 15) is 22.8 Å². The van der Waals surface area contributed by atoms with Crippen LogP contribution in [0.5, 0.6) is 5.75 Å². The number of hydrogen-bond acceptors (Lipinski definition) is 6. The third-order valence-corrected chi connectivity index (χ3v) is 8.09. The van der Waals surface area contributed by atoms with Crippen molar-refractivity contribution in [1.29, 1.82) is 0 Å². The van der Waals surface area contributed by atoms with Crippen LogP contribution in [-0.4, -0.2) is 47.9 Å². The van der Waals surface area contributed by atoms with Gasteiger partial charge in [0.25, 0.3) is 0 Å². The summed E-state index contributed by atoms with van der Waals surface area (Å²) in [5, 5.41) is 0.610. The van der Waals surface area contributed by atoms with Crippen molar-refractivity contribution in [3.63, 3.8) is 0 Å². The summed E-state index contributed by atoms with van der Waals surface area (Å²) in [6.45, 7) is 4.71. The maximum absolute atomic E-state index is 14.4. The van der Waals surface area contributed by atoms with Crippen molar-refractivity contribution in [2.24, 2.45) is 5.41 Å². The van der Waals surface area contributed by atoms with Gasteiger partial charge in [0.1, 0.15) is 35.0 Å². The van der Waals surface area contributed by atoms with E-state index in [0.29, 0.717) is 16.5 Å². The van der Waals surface area contributed by atoms with E-state index >= 15 is 0 Å². The Labute approximate surface area is 212 Å². The molecule has 9 heteroatoms. The van der Waals surface area contributed by atoms with Crippen molar-refractivity contribution in [2.45, 2.75) is 63.6 Å². The molecule has 1 aromatic heterocycles. The molecule has 2 fully saturated rings. The van der Waals surface area contributed by atoms with Gasteiger partial charge in [0, 0.05) is 17.0 Å². The molecule has 2 aromatic carbocycles. The van der Waals surface area contributed by atoms with Crippen molar-refractivity contribution in [1.82, 2.24) is 4.90 Å². The van der Waals surface area contributed by atoms with Gasteiger partial charge in [-0.15, -0.1) is 0 Å². The first-order valence-electron chi connectivity index (χ1n) is 12.1. The molecule has 1 aliphatic heterocycles. The lowest BCUT2D eigenvalue weighted by Gasteiger charge is -2.37. The topological polar surface area (TPSA) is 68.8 Å². The first-order chi connectivity index (χ1) is 17.3. The highest BCUT2D eigenvalue weighted by atomic mass is 19.4. The Kier molecular flexibility index (Phi) is 5.90. The molecular formula is C28H28F3NO5. The van der Waals surface area contributed by atoms with Crippen molar-refractivity contribution >= 4 is 16.9 Å². The van der Waals surface area contributed by atoms with E-state index < -0.39 is 47.0 Å². The number of likely N-dealkylation sites (N-methyl/N-ethyl adjacent to an activating group) is 1. The maximum atomic E-state index is 14.4. The van der Waals surface area contributed by atoms with Crippen LogP contribution < -0.4 is 10.4 Å². The van der Waals surface area contributed by atoms with Crippen LogP contribution in [0.15, 0.2) is 63.8 Å². The van der Waals surface area contributed by atoms with Crippen LogP contribution in [0.3, 0.4) is 0 Å². The molecule has 0 radical (unpaired) electrons. The maximum Gasteiger partial charge on any atom is 0.401 e. The van der Waals surface area contributed by atoms with Gasteiger partial charge >= 0.3 is 17.8 Å². The summed E-state index contributed by atoms with van der Waals surface area (Å²) in [5.41, 5.74) is -2.13. The normalized spacial score (nSPS) is 28.7. The van der Waals surface area contributed by atoms with Crippen molar-refractivity contribution in [3.8, 4) is 16.9 Å². The quantitative estimate of drug-likeness (QED) is 0.251. The predicted molar refractivity (Wildman–Crippen MR) is 131 cm³/mol. The zero-order valence-electron chi connectivity index (χ0n) is 21.0. The van der Waals surface area contributed by atoms with Crippen molar-refractivity contribution < 1.29 is 31.9 Å². The van der Waals surface area contributed by atoms with Crippen LogP contribution in [0.4, 0.5) is 13.2 Å². The molecule has 0 bridgehead atoms. The summed E-state index contributed by atoms with van der Waals surface area (Å²) in [6, 6.07) is 14.8. The summed E-state index contributed by atoms with van der Waals surface area (Å²) < 4.78 is 60.0. The second kappa shape index (κ2) is 8.62. The third-order valence-electron chi connectivity index (χ3n) is 8.09. The average molecular weight is 516 g/mol. The van der Waals surface area contributed by atoms with E-state index in [1.54, 1.807) is 42.3 Å². The highest BCUT2D eigenvalue weighted by Crippen LogP contribution is 2.53. The zero-order valence-corrected chi connectivity index (χ0v) is 21.0. The summed E-state index contributed by atoms with van der Waals surface area (Å²) in [5.74, 6) is -0.519. The lowest BCUT2D eigenvalue weighted by atomic mass is 9.83. The highest BCUT2D eigenvalue weighted by Gasteiger charge is 2.67. The molecule has 1 aliphatic carbocycles. The Morgan fingerprint density at radius 3 is 2.30 bits per heavy atom. The van der Waals surface area contributed by atoms with E-state index in [2.05, 4.69) is 0 Å². The molecule has 0 spiro atoms. The van der Waals surface area contributed by atoms with E-state index in [1.165, 1.54) is 6.07 Å². The second-order valence-electron chi connectivity index (χ2n) is 10.6. The fourth-order valence-electron chi connectivity index (χ4n) is 5.31. The lowest BCUT2D eigenvalue weighted by molar-refractivity contribution is -0.263. The number of ether oxygens (including phenoxy) is 2. The molecule has 1 saturated heterocycles. The van der Waals surface area contributed by atoms with Crippen LogP contribution in [0.1, 0.15) is 33.6 Å². The molecule has 5 rings (SSSR count). The van der Waals surface area contributed by atoms with E-state index in [1.807, 2.05) is 32.0 Å². The Morgan fingerprint density at radius 1 is 1.03 bits per heavy atom. The predicted octanol–water partition coefficient (Wildman–Crippen LogP) is 5.57. The van der Waals surface area contributed by atoms with E-state index in [0.717, 1.165) is 6.92 Å². The molecule has 5 atom stereocenters. The molecular weight excluding hydrogens is 487 g/mol. The van der Waals surface area contributed by atoms with Gasteiger partial charge in [-0.25, -0.2) is 4.79 Å². The van der Waals surface area contributed by atoms with Gasteiger partial charge < -0.3 is 13.9 Å². The fraction of sp³-hybridized carbons (Fsp3) is 0.429. The number of nitrogens with zero attached hydrogens (tertiary/aromatic N) is 1. The van der Waals surface area contributed by atoms with Crippen LogP contribution in [0.25, 0.3) is 22.1 Å². The Hall–Kier alpha value is -3.33. The zero-order chi connectivity index (χ0) is 26.8. The molecule has 6 nitrogen and oxygen atoms in total. The summed E-state index contributed by atoms with van der Waals surface area (Å²) in [7, 11) is 1.73. The molecule has 196 valence electrons. The number of rotatable bonds is 5. The standard InChI is InChI=1S/C28H28F3NO5/c1-26(2)23(32(26)4)25(34)37-22-13-12-21(27(22,3)28(29,30)31)35-18-11-10-17-14-19(16-8-6-5-7-9-16)24(33)36-20(17)15-18/h5-11,14-15,21-23H,12-13H2,1-4H3. The van der Waals surface area contributed by atoms with Gasteiger partial charge in [-0.3, -0.25) is 9.69 Å². The van der Waals surface area contributed by atoms with Crippen LogP contribution in [0, 0.1) is 5.41 Å².